The highest BCUT2D eigenvalue weighted by atomic mass is 32.1. The maximum Gasteiger partial charge on any atom is 0.233 e. The van der Waals surface area contributed by atoms with Crippen LogP contribution in [-0.4, -0.2) is 28.8 Å². The van der Waals surface area contributed by atoms with Gasteiger partial charge in [-0.15, -0.1) is 21.5 Å². The van der Waals surface area contributed by atoms with Crippen LogP contribution in [0.3, 0.4) is 0 Å². The number of hydrogen-bond donors (Lipinski definition) is 1. The molecule has 0 amide bonds. The Bertz CT molecular complexity index is 539. The van der Waals surface area contributed by atoms with Crippen molar-refractivity contribution in [2.24, 2.45) is 0 Å². The predicted octanol–water partition coefficient (Wildman–Crippen LogP) is 2.67. The van der Waals surface area contributed by atoms with Gasteiger partial charge >= 0.3 is 0 Å². The fourth-order valence-electron chi connectivity index (χ4n) is 1.83. The molecule has 0 aliphatic heterocycles. The van der Waals surface area contributed by atoms with Gasteiger partial charge in [0.15, 0.2) is 0 Å². The summed E-state index contributed by atoms with van der Waals surface area (Å²) in [6.45, 7) is 6.19. The van der Waals surface area contributed by atoms with Crippen LogP contribution in [0.2, 0.25) is 0 Å². The molecule has 0 aliphatic carbocycles. The van der Waals surface area contributed by atoms with Gasteiger partial charge in [-0.25, -0.2) is 4.98 Å². The first kappa shape index (κ1) is 14.9. The fourth-order valence-corrected chi connectivity index (χ4v) is 2.91. The van der Waals surface area contributed by atoms with E-state index < -0.39 is 0 Å². The monoisotopic (exact) mass is 292 g/mol. The second kappa shape index (κ2) is 7.31. The normalized spacial score (nSPS) is 10.8. The minimum absolute atomic E-state index is 0.519. The van der Waals surface area contributed by atoms with Gasteiger partial charge in [-0.1, -0.05) is 13.8 Å². The first-order chi connectivity index (χ1) is 9.78. The molecule has 6 heteroatoms. The summed E-state index contributed by atoms with van der Waals surface area (Å²) in [5.41, 5.74) is 1.94. The third-order valence-electron chi connectivity index (χ3n) is 2.89. The van der Waals surface area contributed by atoms with Gasteiger partial charge in [-0.2, -0.15) is 0 Å². The second-order valence-electron chi connectivity index (χ2n) is 4.38. The second-order valence-corrected chi connectivity index (χ2v) is 5.46. The van der Waals surface area contributed by atoms with Crippen LogP contribution in [0.5, 0.6) is 5.88 Å². The topological polar surface area (TPSA) is 59.9 Å². The maximum absolute atomic E-state index is 5.02. The molecule has 2 rings (SSSR count). The number of rotatable bonds is 7. The minimum atomic E-state index is 0.519. The van der Waals surface area contributed by atoms with Gasteiger partial charge in [0.25, 0.3) is 0 Å². The van der Waals surface area contributed by atoms with E-state index in [4.69, 9.17) is 4.74 Å². The Labute approximate surface area is 123 Å². The summed E-state index contributed by atoms with van der Waals surface area (Å²) >= 11 is 1.68. The van der Waals surface area contributed by atoms with E-state index >= 15 is 0 Å². The van der Waals surface area contributed by atoms with Gasteiger partial charge in [0.2, 0.25) is 5.88 Å². The molecule has 0 radical (unpaired) electrons. The van der Waals surface area contributed by atoms with E-state index in [9.17, 15) is 0 Å². The lowest BCUT2D eigenvalue weighted by Crippen LogP contribution is -2.13. The van der Waals surface area contributed by atoms with E-state index in [0.29, 0.717) is 5.88 Å². The minimum Gasteiger partial charge on any atom is -0.480 e. The van der Waals surface area contributed by atoms with Gasteiger partial charge in [0.05, 0.1) is 12.8 Å². The van der Waals surface area contributed by atoms with Crippen molar-refractivity contribution in [2.75, 3.05) is 13.7 Å². The number of hydrogen-bond acceptors (Lipinski definition) is 6. The molecule has 0 aliphatic rings. The van der Waals surface area contributed by atoms with Crippen LogP contribution >= 0.6 is 11.3 Å². The van der Waals surface area contributed by atoms with Crippen LogP contribution in [0.15, 0.2) is 12.1 Å². The predicted molar refractivity (Wildman–Crippen MR) is 81.1 cm³/mol. The molecule has 1 N–H and O–H groups in total. The molecule has 20 heavy (non-hydrogen) atoms. The van der Waals surface area contributed by atoms with Gasteiger partial charge < -0.3 is 10.1 Å². The van der Waals surface area contributed by atoms with Crippen LogP contribution < -0.4 is 10.1 Å². The third-order valence-corrected chi connectivity index (χ3v) is 4.01. The molecule has 0 aromatic carbocycles. The molecule has 2 heterocycles. The molecular formula is C14H20N4OS. The number of aryl methyl sites for hydroxylation is 1. The van der Waals surface area contributed by atoms with Crippen molar-refractivity contribution in [1.29, 1.82) is 0 Å². The summed E-state index contributed by atoms with van der Waals surface area (Å²) in [5, 5.41) is 12.5. The first-order valence-corrected chi connectivity index (χ1v) is 7.67. The van der Waals surface area contributed by atoms with Crippen LogP contribution in [-0.2, 0) is 13.0 Å². The molecule has 0 spiro atoms. The van der Waals surface area contributed by atoms with Crippen LogP contribution in [0.4, 0.5) is 0 Å². The summed E-state index contributed by atoms with van der Waals surface area (Å²) in [6.07, 6.45) is 2.07. The zero-order valence-electron chi connectivity index (χ0n) is 12.1. The summed E-state index contributed by atoms with van der Waals surface area (Å²) in [7, 11) is 1.58. The van der Waals surface area contributed by atoms with Crippen LogP contribution in [0.1, 0.15) is 30.8 Å². The smallest absolute Gasteiger partial charge is 0.233 e. The molecule has 0 saturated carbocycles. The Kier molecular flexibility index (Phi) is 5.43. The third kappa shape index (κ3) is 3.52. The SMILES string of the molecule is CCCNCc1sc(-c2ccc(OC)nn2)nc1CC. The Morgan fingerprint density at radius 2 is 2.10 bits per heavy atom. The average Bonchev–Trinajstić information content (AvgIpc) is 2.91. The highest BCUT2D eigenvalue weighted by Gasteiger charge is 2.12. The molecule has 2 aromatic rings. The number of thiazole rings is 1. The zero-order chi connectivity index (χ0) is 14.4. The van der Waals surface area contributed by atoms with Crippen molar-refractivity contribution >= 4 is 11.3 Å². The van der Waals surface area contributed by atoms with Crippen molar-refractivity contribution in [3.63, 3.8) is 0 Å². The molecule has 0 atom stereocenters. The lowest BCUT2D eigenvalue weighted by molar-refractivity contribution is 0.392. The Morgan fingerprint density at radius 3 is 2.70 bits per heavy atom. The quantitative estimate of drug-likeness (QED) is 0.795. The largest absolute Gasteiger partial charge is 0.480 e. The molecule has 0 unspecified atom stereocenters. The van der Waals surface area contributed by atoms with Crippen molar-refractivity contribution in [1.82, 2.24) is 20.5 Å². The maximum atomic E-state index is 5.02. The van der Waals surface area contributed by atoms with Gasteiger partial charge in [-0.3, -0.25) is 0 Å². The molecule has 0 saturated heterocycles. The van der Waals surface area contributed by atoms with Crippen molar-refractivity contribution in [3.8, 4) is 16.6 Å². The number of ether oxygens (including phenoxy) is 1. The van der Waals surface area contributed by atoms with Crippen molar-refractivity contribution < 1.29 is 4.74 Å². The highest BCUT2D eigenvalue weighted by Crippen LogP contribution is 2.27. The van der Waals surface area contributed by atoms with Crippen LogP contribution in [0, 0.1) is 0 Å². The number of nitrogens with one attached hydrogen (secondary N) is 1. The van der Waals surface area contributed by atoms with E-state index in [0.717, 1.165) is 42.3 Å². The standard InChI is InChI=1S/C14H20N4OS/c1-4-8-15-9-12-10(5-2)16-14(20-12)11-6-7-13(19-3)18-17-11/h6-7,15H,4-5,8-9H2,1-3H3. The summed E-state index contributed by atoms with van der Waals surface area (Å²) in [5.74, 6) is 0.519. The number of aromatic nitrogens is 3. The molecular weight excluding hydrogens is 272 g/mol. The highest BCUT2D eigenvalue weighted by molar-refractivity contribution is 7.15. The number of methoxy groups -OCH3 is 1. The molecule has 2 aromatic heterocycles. The van der Waals surface area contributed by atoms with E-state index in [-0.39, 0.29) is 0 Å². The lowest BCUT2D eigenvalue weighted by Gasteiger charge is -2.01. The molecule has 0 bridgehead atoms. The van der Waals surface area contributed by atoms with Gasteiger partial charge in [-0.05, 0) is 25.5 Å². The van der Waals surface area contributed by atoms with E-state index in [1.165, 1.54) is 4.88 Å². The zero-order valence-corrected chi connectivity index (χ0v) is 13.0. The molecule has 0 fully saturated rings. The molecule has 5 nitrogen and oxygen atoms in total. The van der Waals surface area contributed by atoms with Gasteiger partial charge in [0, 0.05) is 17.5 Å². The van der Waals surface area contributed by atoms with E-state index in [2.05, 4.69) is 34.3 Å². The summed E-state index contributed by atoms with van der Waals surface area (Å²) in [6, 6.07) is 3.71. The fraction of sp³-hybridized carbons (Fsp3) is 0.500. The first-order valence-electron chi connectivity index (χ1n) is 6.85. The van der Waals surface area contributed by atoms with Crippen molar-refractivity contribution in [2.45, 2.75) is 33.2 Å². The average molecular weight is 292 g/mol. The molecule has 108 valence electrons. The van der Waals surface area contributed by atoms with Gasteiger partial charge in [0.1, 0.15) is 10.7 Å². The number of nitrogens with zero attached hydrogens (tertiary/aromatic N) is 3. The Morgan fingerprint density at radius 1 is 1.25 bits per heavy atom. The van der Waals surface area contributed by atoms with Crippen LogP contribution in [0.25, 0.3) is 10.7 Å². The summed E-state index contributed by atoms with van der Waals surface area (Å²) < 4.78 is 5.02. The summed E-state index contributed by atoms with van der Waals surface area (Å²) in [4.78, 5) is 5.95. The van der Waals surface area contributed by atoms with E-state index in [1.807, 2.05) is 12.1 Å². The van der Waals surface area contributed by atoms with E-state index in [1.54, 1.807) is 18.4 Å². The Hall–Kier alpha value is -1.53. The van der Waals surface area contributed by atoms with Crippen molar-refractivity contribution in [3.05, 3.63) is 22.7 Å². The lowest BCUT2D eigenvalue weighted by atomic mass is 10.3. The Balaban J connectivity index is 2.18.